The second kappa shape index (κ2) is 9.23. The number of thioether (sulfide) groups is 1. The Hall–Kier alpha value is -2.35. The van der Waals surface area contributed by atoms with Crippen molar-refractivity contribution in [1.82, 2.24) is 16.2 Å². The maximum absolute atomic E-state index is 12.4. The summed E-state index contributed by atoms with van der Waals surface area (Å²) in [4.78, 5) is 24.6. The van der Waals surface area contributed by atoms with Crippen LogP contribution in [-0.4, -0.2) is 29.1 Å². The van der Waals surface area contributed by atoms with Gasteiger partial charge in [0.25, 0.3) is 0 Å². The SMILES string of the molecule is Cc1ccc(CC2NNC(SCC(=O)Nc3ccc(C)cc3C)NC2=O)cc1. The number of rotatable bonds is 6. The summed E-state index contributed by atoms with van der Waals surface area (Å²) in [6.45, 7) is 6.02. The van der Waals surface area contributed by atoms with Gasteiger partial charge in [0.05, 0.1) is 5.75 Å². The van der Waals surface area contributed by atoms with E-state index in [2.05, 4.69) is 21.5 Å². The zero-order valence-electron chi connectivity index (χ0n) is 16.3. The van der Waals surface area contributed by atoms with Crippen LogP contribution in [0.2, 0.25) is 0 Å². The highest BCUT2D eigenvalue weighted by atomic mass is 32.2. The molecule has 3 rings (SSSR count). The summed E-state index contributed by atoms with van der Waals surface area (Å²) in [6, 6.07) is 13.7. The van der Waals surface area contributed by atoms with Crippen LogP contribution >= 0.6 is 11.8 Å². The van der Waals surface area contributed by atoms with Crippen LogP contribution in [0, 0.1) is 20.8 Å². The Morgan fingerprint density at radius 1 is 1.04 bits per heavy atom. The van der Waals surface area contributed by atoms with Crippen LogP contribution in [0.5, 0.6) is 0 Å². The number of carbonyl (C=O) groups excluding carboxylic acids is 2. The maximum atomic E-state index is 12.4. The molecule has 1 fully saturated rings. The van der Waals surface area contributed by atoms with Crippen molar-refractivity contribution >= 4 is 29.3 Å². The second-order valence-electron chi connectivity index (χ2n) is 7.10. The van der Waals surface area contributed by atoms with Gasteiger partial charge in [-0.1, -0.05) is 47.5 Å². The van der Waals surface area contributed by atoms with Gasteiger partial charge in [0.2, 0.25) is 11.8 Å². The Morgan fingerprint density at radius 3 is 2.43 bits per heavy atom. The molecule has 28 heavy (non-hydrogen) atoms. The predicted octanol–water partition coefficient (Wildman–Crippen LogP) is 2.40. The van der Waals surface area contributed by atoms with Gasteiger partial charge >= 0.3 is 0 Å². The van der Waals surface area contributed by atoms with Gasteiger partial charge in [0.1, 0.15) is 11.5 Å². The molecule has 1 heterocycles. The Morgan fingerprint density at radius 2 is 1.75 bits per heavy atom. The number of anilines is 1. The van der Waals surface area contributed by atoms with E-state index in [1.807, 2.05) is 63.2 Å². The highest BCUT2D eigenvalue weighted by molar-refractivity contribution is 8.00. The molecule has 148 valence electrons. The lowest BCUT2D eigenvalue weighted by Crippen LogP contribution is -2.64. The van der Waals surface area contributed by atoms with E-state index >= 15 is 0 Å². The van der Waals surface area contributed by atoms with Crippen LogP contribution in [-0.2, 0) is 16.0 Å². The number of amides is 2. The summed E-state index contributed by atoms with van der Waals surface area (Å²) in [5.41, 5.74) is 11.1. The minimum atomic E-state index is -0.355. The molecule has 2 unspecified atom stereocenters. The first kappa shape index (κ1) is 20.4. The first-order chi connectivity index (χ1) is 13.4. The van der Waals surface area contributed by atoms with Gasteiger partial charge in [-0.2, -0.15) is 0 Å². The van der Waals surface area contributed by atoms with Crippen molar-refractivity contribution in [3.63, 3.8) is 0 Å². The van der Waals surface area contributed by atoms with Gasteiger partial charge in [-0.25, -0.2) is 10.9 Å². The highest BCUT2D eigenvalue weighted by Gasteiger charge is 2.27. The summed E-state index contributed by atoms with van der Waals surface area (Å²) in [5, 5.41) is 5.82. The van der Waals surface area contributed by atoms with E-state index in [9.17, 15) is 9.59 Å². The lowest BCUT2D eigenvalue weighted by atomic mass is 10.0. The molecule has 6 nitrogen and oxygen atoms in total. The quantitative estimate of drug-likeness (QED) is 0.601. The van der Waals surface area contributed by atoms with E-state index < -0.39 is 0 Å². The number of hydrazine groups is 1. The van der Waals surface area contributed by atoms with Crippen LogP contribution < -0.4 is 21.5 Å². The number of nitrogens with one attached hydrogen (secondary N) is 4. The fourth-order valence-electron chi connectivity index (χ4n) is 2.99. The van der Waals surface area contributed by atoms with Gasteiger partial charge in [-0.15, -0.1) is 11.8 Å². The first-order valence-electron chi connectivity index (χ1n) is 9.26. The molecule has 0 aliphatic carbocycles. The molecule has 0 spiro atoms. The Bertz CT molecular complexity index is 854. The summed E-state index contributed by atoms with van der Waals surface area (Å²) in [6.07, 6.45) is 0.601. The van der Waals surface area contributed by atoms with Crippen LogP contribution in [0.15, 0.2) is 42.5 Å². The fraction of sp³-hybridized carbons (Fsp3) is 0.333. The minimum absolute atomic E-state index is 0.0772. The lowest BCUT2D eigenvalue weighted by molar-refractivity contribution is -0.125. The second-order valence-corrected chi connectivity index (χ2v) is 8.19. The van der Waals surface area contributed by atoms with E-state index in [1.54, 1.807) is 0 Å². The van der Waals surface area contributed by atoms with Gasteiger partial charge in [0, 0.05) is 5.69 Å². The van der Waals surface area contributed by atoms with Crippen molar-refractivity contribution < 1.29 is 9.59 Å². The molecule has 0 saturated carbocycles. The molecular formula is C21H26N4O2S. The molecule has 0 radical (unpaired) electrons. The normalized spacial score (nSPS) is 19.2. The third-order valence-corrected chi connectivity index (χ3v) is 5.57. The molecule has 1 saturated heterocycles. The van der Waals surface area contributed by atoms with E-state index in [0.717, 1.165) is 22.4 Å². The standard InChI is InChI=1S/C21H26N4O2S/c1-13-4-7-16(8-5-13)11-18-20(27)23-21(25-24-18)28-12-19(26)22-17-9-6-14(2)10-15(17)3/h4-10,18,21,24-25H,11-12H2,1-3H3,(H,22,26)(H,23,27). The molecule has 2 atom stereocenters. The van der Waals surface area contributed by atoms with Crippen molar-refractivity contribution in [3.8, 4) is 0 Å². The van der Waals surface area contributed by atoms with E-state index in [0.29, 0.717) is 6.42 Å². The topological polar surface area (TPSA) is 82.3 Å². The Labute approximate surface area is 169 Å². The largest absolute Gasteiger partial charge is 0.329 e. The first-order valence-corrected chi connectivity index (χ1v) is 10.3. The monoisotopic (exact) mass is 398 g/mol. The number of aryl methyl sites for hydroxylation is 3. The molecule has 4 N–H and O–H groups in total. The fourth-order valence-corrected chi connectivity index (χ4v) is 3.73. The van der Waals surface area contributed by atoms with Crippen molar-refractivity contribution in [2.45, 2.75) is 38.7 Å². The summed E-state index contributed by atoms with van der Waals surface area (Å²) >= 11 is 1.33. The highest BCUT2D eigenvalue weighted by Crippen LogP contribution is 2.17. The number of hydrogen-bond acceptors (Lipinski definition) is 5. The zero-order valence-corrected chi connectivity index (χ0v) is 17.2. The van der Waals surface area contributed by atoms with Gasteiger partial charge in [-0.05, 0) is 44.4 Å². The average Bonchev–Trinajstić information content (AvgIpc) is 2.66. The molecule has 1 aliphatic rings. The van der Waals surface area contributed by atoms with Gasteiger partial charge < -0.3 is 10.6 Å². The number of benzene rings is 2. The predicted molar refractivity (Wildman–Crippen MR) is 114 cm³/mol. The van der Waals surface area contributed by atoms with Crippen molar-refractivity contribution in [2.24, 2.45) is 0 Å². The summed E-state index contributed by atoms with van der Waals surface area (Å²) in [7, 11) is 0. The zero-order chi connectivity index (χ0) is 20.1. The summed E-state index contributed by atoms with van der Waals surface area (Å²) < 4.78 is 0. The third-order valence-electron chi connectivity index (χ3n) is 4.58. The van der Waals surface area contributed by atoms with Crippen LogP contribution in [0.1, 0.15) is 22.3 Å². The molecule has 0 bridgehead atoms. The Balaban J connectivity index is 1.44. The smallest absolute Gasteiger partial charge is 0.240 e. The molecule has 2 aromatic carbocycles. The average molecular weight is 399 g/mol. The van der Waals surface area contributed by atoms with E-state index in [1.165, 1.54) is 17.3 Å². The van der Waals surface area contributed by atoms with Crippen molar-refractivity contribution in [3.05, 3.63) is 64.7 Å². The number of hydrogen-bond donors (Lipinski definition) is 4. The van der Waals surface area contributed by atoms with Crippen LogP contribution in [0.4, 0.5) is 5.69 Å². The Kier molecular flexibility index (Phi) is 6.72. The third kappa shape index (κ3) is 5.58. The van der Waals surface area contributed by atoms with Crippen LogP contribution in [0.25, 0.3) is 0 Å². The van der Waals surface area contributed by atoms with E-state index in [4.69, 9.17) is 0 Å². The van der Waals surface area contributed by atoms with Gasteiger partial charge in [-0.3, -0.25) is 9.59 Å². The molecule has 7 heteroatoms. The minimum Gasteiger partial charge on any atom is -0.329 e. The van der Waals surface area contributed by atoms with Gasteiger partial charge in [0.15, 0.2) is 0 Å². The maximum Gasteiger partial charge on any atom is 0.240 e. The number of carbonyl (C=O) groups is 2. The van der Waals surface area contributed by atoms with Crippen LogP contribution in [0.3, 0.4) is 0 Å². The van der Waals surface area contributed by atoms with Crippen molar-refractivity contribution in [1.29, 1.82) is 0 Å². The molecule has 0 aromatic heterocycles. The van der Waals surface area contributed by atoms with E-state index in [-0.39, 0.29) is 29.1 Å². The molecule has 1 aliphatic heterocycles. The molecular weight excluding hydrogens is 372 g/mol. The van der Waals surface area contributed by atoms with Crippen molar-refractivity contribution in [2.75, 3.05) is 11.1 Å². The molecule has 2 aromatic rings. The lowest BCUT2D eigenvalue weighted by Gasteiger charge is -2.31. The summed E-state index contributed by atoms with van der Waals surface area (Å²) in [5.74, 6) is 0.0525. The molecule has 2 amide bonds.